The van der Waals surface area contributed by atoms with Gasteiger partial charge in [-0.2, -0.15) is 5.10 Å². The minimum atomic E-state index is -0.937. The molecule has 0 radical (unpaired) electrons. The van der Waals surface area contributed by atoms with Gasteiger partial charge in [0.1, 0.15) is 5.56 Å². The van der Waals surface area contributed by atoms with Crippen molar-refractivity contribution in [2.45, 2.75) is 27.3 Å². The summed E-state index contributed by atoms with van der Waals surface area (Å²) in [5.41, 5.74) is 3.28. The summed E-state index contributed by atoms with van der Waals surface area (Å²) in [6.07, 6.45) is 0. The van der Waals surface area contributed by atoms with E-state index in [-0.39, 0.29) is 5.56 Å². The zero-order chi connectivity index (χ0) is 13.3. The second kappa shape index (κ2) is 4.60. The van der Waals surface area contributed by atoms with Crippen LogP contribution in [0.4, 0.5) is 0 Å². The Hall–Kier alpha value is -2.17. The van der Waals surface area contributed by atoms with Gasteiger partial charge in [0.15, 0.2) is 0 Å². The molecule has 2 aromatic heterocycles. The lowest BCUT2D eigenvalue weighted by atomic mass is 10.2. The van der Waals surface area contributed by atoms with E-state index in [9.17, 15) is 4.79 Å². The second-order valence-electron chi connectivity index (χ2n) is 4.28. The average molecular weight is 245 g/mol. The van der Waals surface area contributed by atoms with Gasteiger partial charge in [0.05, 0.1) is 23.6 Å². The summed E-state index contributed by atoms with van der Waals surface area (Å²) in [7, 11) is 0. The lowest BCUT2D eigenvalue weighted by molar-refractivity contribution is 0.0695. The maximum Gasteiger partial charge on any atom is 0.339 e. The Balaban J connectivity index is 2.36. The van der Waals surface area contributed by atoms with Gasteiger partial charge in [-0.3, -0.25) is 9.67 Å². The van der Waals surface area contributed by atoms with E-state index in [1.807, 2.05) is 25.1 Å². The summed E-state index contributed by atoms with van der Waals surface area (Å²) in [6.45, 7) is 5.88. The average Bonchev–Trinajstić information content (AvgIpc) is 2.54. The van der Waals surface area contributed by atoms with Gasteiger partial charge in [-0.05, 0) is 32.9 Å². The van der Waals surface area contributed by atoms with Crippen LogP contribution in [-0.2, 0) is 6.54 Å². The number of carboxylic acid groups (broad SMARTS) is 1. The van der Waals surface area contributed by atoms with Gasteiger partial charge in [-0.25, -0.2) is 4.79 Å². The van der Waals surface area contributed by atoms with Crippen molar-refractivity contribution in [1.29, 1.82) is 0 Å². The fraction of sp³-hybridized carbons (Fsp3) is 0.308. The van der Waals surface area contributed by atoms with Crippen LogP contribution in [0.1, 0.15) is 33.1 Å². The van der Waals surface area contributed by atoms with E-state index in [1.54, 1.807) is 18.5 Å². The SMILES string of the molecule is Cc1cccc(Cn2nc(C)c(C(=O)O)c2C)n1. The van der Waals surface area contributed by atoms with Crippen LogP contribution in [0.15, 0.2) is 18.2 Å². The van der Waals surface area contributed by atoms with E-state index in [0.29, 0.717) is 17.9 Å². The Morgan fingerprint density at radius 3 is 2.61 bits per heavy atom. The van der Waals surface area contributed by atoms with E-state index in [4.69, 9.17) is 5.11 Å². The summed E-state index contributed by atoms with van der Waals surface area (Å²) in [4.78, 5) is 15.5. The first-order chi connectivity index (χ1) is 8.49. The van der Waals surface area contributed by atoms with Crippen LogP contribution in [0, 0.1) is 20.8 Å². The molecule has 2 rings (SSSR count). The van der Waals surface area contributed by atoms with Gasteiger partial charge in [0.25, 0.3) is 0 Å². The van der Waals surface area contributed by atoms with Crippen molar-refractivity contribution in [3.8, 4) is 0 Å². The van der Waals surface area contributed by atoms with Gasteiger partial charge >= 0.3 is 5.97 Å². The van der Waals surface area contributed by atoms with Crippen molar-refractivity contribution in [2.75, 3.05) is 0 Å². The molecule has 0 spiro atoms. The van der Waals surface area contributed by atoms with Crippen LogP contribution < -0.4 is 0 Å². The van der Waals surface area contributed by atoms with E-state index in [2.05, 4.69) is 10.1 Å². The molecule has 5 heteroatoms. The lowest BCUT2D eigenvalue weighted by Crippen LogP contribution is -2.07. The van der Waals surface area contributed by atoms with Crippen molar-refractivity contribution < 1.29 is 9.90 Å². The standard InChI is InChI=1S/C13H15N3O2/c1-8-5-4-6-11(14-8)7-16-10(3)12(13(17)18)9(2)15-16/h4-6H,7H2,1-3H3,(H,17,18). The van der Waals surface area contributed by atoms with Crippen molar-refractivity contribution in [3.05, 3.63) is 46.5 Å². The fourth-order valence-corrected chi connectivity index (χ4v) is 2.00. The highest BCUT2D eigenvalue weighted by Crippen LogP contribution is 2.14. The molecule has 0 amide bonds. The van der Waals surface area contributed by atoms with Gasteiger partial charge in [-0.15, -0.1) is 0 Å². The zero-order valence-electron chi connectivity index (χ0n) is 10.6. The molecule has 0 aliphatic rings. The number of aryl methyl sites for hydroxylation is 2. The predicted octanol–water partition coefficient (Wildman–Crippen LogP) is 1.95. The molecule has 0 saturated heterocycles. The molecule has 18 heavy (non-hydrogen) atoms. The van der Waals surface area contributed by atoms with Crippen LogP contribution in [0.3, 0.4) is 0 Å². The molecule has 0 bridgehead atoms. The highest BCUT2D eigenvalue weighted by Gasteiger charge is 2.17. The summed E-state index contributed by atoms with van der Waals surface area (Å²) in [6, 6.07) is 5.76. The van der Waals surface area contributed by atoms with Gasteiger partial charge in [0.2, 0.25) is 0 Å². The molecule has 2 aromatic rings. The van der Waals surface area contributed by atoms with Crippen molar-refractivity contribution >= 4 is 5.97 Å². The quantitative estimate of drug-likeness (QED) is 0.897. The van der Waals surface area contributed by atoms with Crippen LogP contribution in [0.25, 0.3) is 0 Å². The Kier molecular flexibility index (Phi) is 3.14. The number of nitrogens with zero attached hydrogens (tertiary/aromatic N) is 3. The summed E-state index contributed by atoms with van der Waals surface area (Å²) in [5.74, 6) is -0.937. The molecule has 0 saturated carbocycles. The second-order valence-corrected chi connectivity index (χ2v) is 4.28. The Morgan fingerprint density at radius 2 is 2.06 bits per heavy atom. The van der Waals surface area contributed by atoms with E-state index >= 15 is 0 Å². The van der Waals surface area contributed by atoms with Crippen LogP contribution in [0.5, 0.6) is 0 Å². The zero-order valence-corrected chi connectivity index (χ0v) is 10.6. The topological polar surface area (TPSA) is 68.0 Å². The minimum Gasteiger partial charge on any atom is -0.478 e. The van der Waals surface area contributed by atoms with Gasteiger partial charge < -0.3 is 5.11 Å². The normalized spacial score (nSPS) is 10.6. The van der Waals surface area contributed by atoms with E-state index < -0.39 is 5.97 Å². The smallest absolute Gasteiger partial charge is 0.339 e. The fourth-order valence-electron chi connectivity index (χ4n) is 2.00. The predicted molar refractivity (Wildman–Crippen MR) is 66.7 cm³/mol. The van der Waals surface area contributed by atoms with E-state index in [0.717, 1.165) is 11.4 Å². The molecule has 2 heterocycles. The summed E-state index contributed by atoms with van der Waals surface area (Å²) in [5, 5.41) is 13.4. The molecule has 0 unspecified atom stereocenters. The number of hydrogen-bond donors (Lipinski definition) is 1. The molecular formula is C13H15N3O2. The van der Waals surface area contributed by atoms with E-state index in [1.165, 1.54) is 0 Å². The molecule has 5 nitrogen and oxygen atoms in total. The van der Waals surface area contributed by atoms with Crippen LogP contribution in [-0.4, -0.2) is 25.8 Å². The van der Waals surface area contributed by atoms with Crippen LogP contribution in [0.2, 0.25) is 0 Å². The third kappa shape index (κ3) is 2.25. The van der Waals surface area contributed by atoms with Crippen LogP contribution >= 0.6 is 0 Å². The highest BCUT2D eigenvalue weighted by molar-refractivity contribution is 5.90. The first kappa shape index (κ1) is 12.3. The Bertz CT molecular complexity index is 602. The third-order valence-corrected chi connectivity index (χ3v) is 2.85. The molecular weight excluding hydrogens is 230 g/mol. The maximum atomic E-state index is 11.1. The molecule has 1 N–H and O–H groups in total. The largest absolute Gasteiger partial charge is 0.478 e. The highest BCUT2D eigenvalue weighted by atomic mass is 16.4. The Morgan fingerprint density at radius 1 is 1.33 bits per heavy atom. The number of hydrogen-bond acceptors (Lipinski definition) is 3. The Labute approximate surface area is 105 Å². The first-order valence-electron chi connectivity index (χ1n) is 5.69. The molecule has 0 fully saturated rings. The van der Waals surface area contributed by atoms with Crippen molar-refractivity contribution in [2.24, 2.45) is 0 Å². The number of rotatable bonds is 3. The maximum absolute atomic E-state index is 11.1. The number of carboxylic acids is 1. The number of aromatic carboxylic acids is 1. The summed E-state index contributed by atoms with van der Waals surface area (Å²) >= 11 is 0. The third-order valence-electron chi connectivity index (χ3n) is 2.85. The first-order valence-corrected chi connectivity index (χ1v) is 5.69. The number of carbonyl (C=O) groups is 1. The van der Waals surface area contributed by atoms with Gasteiger partial charge in [-0.1, -0.05) is 6.07 Å². The van der Waals surface area contributed by atoms with Crippen molar-refractivity contribution in [3.63, 3.8) is 0 Å². The molecule has 0 atom stereocenters. The van der Waals surface area contributed by atoms with Crippen molar-refractivity contribution in [1.82, 2.24) is 14.8 Å². The molecule has 94 valence electrons. The molecule has 0 aliphatic carbocycles. The molecule has 0 aliphatic heterocycles. The number of aromatic nitrogens is 3. The summed E-state index contributed by atoms with van der Waals surface area (Å²) < 4.78 is 1.68. The molecule has 0 aromatic carbocycles. The monoisotopic (exact) mass is 245 g/mol. The number of pyridine rings is 1. The van der Waals surface area contributed by atoms with Gasteiger partial charge in [0, 0.05) is 5.69 Å². The lowest BCUT2D eigenvalue weighted by Gasteiger charge is -2.04. The minimum absolute atomic E-state index is 0.280.